The number of hydrogen-bond acceptors (Lipinski definition) is 6. The molecular formula is C21H17ClN4O2S. The van der Waals surface area contributed by atoms with Gasteiger partial charge >= 0.3 is 0 Å². The van der Waals surface area contributed by atoms with Crippen LogP contribution < -0.4 is 20.6 Å². The highest BCUT2D eigenvalue weighted by Crippen LogP contribution is 2.13. The molecule has 0 amide bonds. The Kier molecular flexibility index (Phi) is 5.17. The minimum Gasteiger partial charge on any atom is -0.378 e. The van der Waals surface area contributed by atoms with E-state index in [1.807, 2.05) is 55.4 Å². The van der Waals surface area contributed by atoms with Crippen LogP contribution >= 0.6 is 22.9 Å². The number of thiazole rings is 1. The summed E-state index contributed by atoms with van der Waals surface area (Å²) in [6.45, 7) is 0. The molecule has 0 atom stereocenters. The first-order valence-electron chi connectivity index (χ1n) is 8.87. The third-order valence-electron chi connectivity index (χ3n) is 4.44. The lowest BCUT2D eigenvalue weighted by Crippen LogP contribution is -2.28. The maximum absolute atomic E-state index is 12.8. The van der Waals surface area contributed by atoms with Crippen molar-refractivity contribution < 1.29 is 0 Å². The molecule has 146 valence electrons. The van der Waals surface area contributed by atoms with Crippen LogP contribution in [0.5, 0.6) is 0 Å². The average molecular weight is 425 g/mol. The second kappa shape index (κ2) is 7.77. The number of hydrogen-bond donors (Lipinski definition) is 0. The van der Waals surface area contributed by atoms with Gasteiger partial charge < -0.3 is 4.90 Å². The number of aromatic nitrogens is 3. The predicted molar refractivity (Wildman–Crippen MR) is 117 cm³/mol. The topological polar surface area (TPSA) is 67.6 Å². The van der Waals surface area contributed by atoms with Gasteiger partial charge in [-0.1, -0.05) is 47.2 Å². The van der Waals surface area contributed by atoms with Crippen molar-refractivity contribution in [3.8, 4) is 0 Å². The zero-order valence-corrected chi connectivity index (χ0v) is 17.4. The van der Waals surface area contributed by atoms with Crippen molar-refractivity contribution in [1.29, 1.82) is 0 Å². The van der Waals surface area contributed by atoms with Crippen LogP contribution in [-0.2, 0) is 6.42 Å². The van der Waals surface area contributed by atoms with Crippen molar-refractivity contribution in [1.82, 2.24) is 14.6 Å². The molecule has 0 aliphatic carbocycles. The Balaban J connectivity index is 1.74. The Morgan fingerprint density at radius 3 is 2.41 bits per heavy atom. The molecule has 29 heavy (non-hydrogen) atoms. The molecular weight excluding hydrogens is 408 g/mol. The largest absolute Gasteiger partial charge is 0.378 e. The van der Waals surface area contributed by atoms with E-state index in [4.69, 9.17) is 11.6 Å². The van der Waals surface area contributed by atoms with Gasteiger partial charge in [-0.3, -0.25) is 9.59 Å². The number of nitrogens with zero attached hydrogens (tertiary/aromatic N) is 4. The molecule has 0 N–H and O–H groups in total. The highest BCUT2D eigenvalue weighted by molar-refractivity contribution is 7.15. The van der Waals surface area contributed by atoms with Gasteiger partial charge in [-0.15, -0.1) is 0 Å². The fraction of sp³-hybridized carbons (Fsp3) is 0.143. The Morgan fingerprint density at radius 2 is 1.76 bits per heavy atom. The molecule has 0 saturated carbocycles. The van der Waals surface area contributed by atoms with Crippen LogP contribution in [0.1, 0.15) is 16.8 Å². The van der Waals surface area contributed by atoms with Crippen LogP contribution in [0.25, 0.3) is 11.0 Å². The first-order chi connectivity index (χ1) is 13.9. The van der Waals surface area contributed by atoms with Crippen molar-refractivity contribution in [2.75, 3.05) is 19.0 Å². The molecule has 0 aliphatic rings. The fourth-order valence-electron chi connectivity index (χ4n) is 2.87. The summed E-state index contributed by atoms with van der Waals surface area (Å²) in [6, 6.07) is 15.0. The highest BCUT2D eigenvalue weighted by atomic mass is 35.5. The Hall–Kier alpha value is -3.03. The molecule has 0 radical (unpaired) electrons. The van der Waals surface area contributed by atoms with E-state index in [0.29, 0.717) is 9.55 Å². The molecule has 0 fully saturated rings. The minimum atomic E-state index is -0.428. The monoisotopic (exact) mass is 424 g/mol. The van der Waals surface area contributed by atoms with E-state index in [0.717, 1.165) is 28.2 Å². The first-order valence-corrected chi connectivity index (χ1v) is 10.1. The molecule has 2 aromatic carbocycles. The van der Waals surface area contributed by atoms with Crippen molar-refractivity contribution in [2.24, 2.45) is 0 Å². The molecule has 0 unspecified atom stereocenters. The summed E-state index contributed by atoms with van der Waals surface area (Å²) in [5.74, 6) is 0. The average Bonchev–Trinajstić information content (AvgIpc) is 2.99. The van der Waals surface area contributed by atoms with Gasteiger partial charge in [-0.25, -0.2) is 0 Å². The molecule has 6 nitrogen and oxygen atoms in total. The zero-order valence-electron chi connectivity index (χ0n) is 15.8. The summed E-state index contributed by atoms with van der Waals surface area (Å²) in [6.07, 6.45) is 2.07. The minimum absolute atomic E-state index is 0.224. The summed E-state index contributed by atoms with van der Waals surface area (Å²) in [7, 11) is 3.94. The van der Waals surface area contributed by atoms with Crippen molar-refractivity contribution in [2.45, 2.75) is 6.42 Å². The molecule has 0 aliphatic heterocycles. The molecule has 0 saturated heterocycles. The zero-order chi connectivity index (χ0) is 20.5. The van der Waals surface area contributed by atoms with Crippen LogP contribution in [0, 0.1) is 0 Å². The molecule has 0 spiro atoms. The smallest absolute Gasteiger partial charge is 0.296 e. The van der Waals surface area contributed by atoms with Gasteiger partial charge in [0.25, 0.3) is 11.1 Å². The van der Waals surface area contributed by atoms with Crippen LogP contribution in [-0.4, -0.2) is 28.7 Å². The number of halogens is 1. The highest BCUT2D eigenvalue weighted by Gasteiger charge is 2.12. The first kappa shape index (κ1) is 19.3. The lowest BCUT2D eigenvalue weighted by molar-refractivity contribution is 0.811. The second-order valence-electron chi connectivity index (χ2n) is 6.76. The SMILES string of the molecule is CN(C)c1ccc(/C=c2\sc3nc(=O)c(Cc4ccc(Cl)cc4)nn3c2=O)cc1. The molecule has 4 rings (SSSR count). The van der Waals surface area contributed by atoms with Crippen molar-refractivity contribution in [3.05, 3.63) is 95.6 Å². The normalized spacial score (nSPS) is 11.9. The molecule has 2 aromatic heterocycles. The molecule has 4 aromatic rings. The van der Waals surface area contributed by atoms with Crippen molar-refractivity contribution in [3.63, 3.8) is 0 Å². The number of anilines is 1. The van der Waals surface area contributed by atoms with E-state index in [1.165, 1.54) is 4.52 Å². The number of benzene rings is 2. The third-order valence-corrected chi connectivity index (χ3v) is 5.65. The maximum Gasteiger partial charge on any atom is 0.296 e. The van der Waals surface area contributed by atoms with Crippen molar-refractivity contribution >= 4 is 39.7 Å². The summed E-state index contributed by atoms with van der Waals surface area (Å²) < 4.78 is 1.68. The van der Waals surface area contributed by atoms with Crippen LogP contribution in [0.4, 0.5) is 5.69 Å². The van der Waals surface area contributed by atoms with Gasteiger partial charge in [0.05, 0.1) is 4.53 Å². The number of rotatable bonds is 4. The van der Waals surface area contributed by atoms with E-state index >= 15 is 0 Å². The van der Waals surface area contributed by atoms with Gasteiger partial charge in [-0.05, 0) is 41.5 Å². The Labute approximate surface area is 175 Å². The number of fused-ring (bicyclic) bond motifs is 1. The standard InChI is InChI=1S/C21H17ClN4O2S/c1-25(2)16-9-5-14(6-10-16)12-18-20(28)26-21(29-18)23-19(27)17(24-26)11-13-3-7-15(22)8-4-13/h3-10,12H,11H2,1-2H3/b18-12-. The van der Waals surface area contributed by atoms with E-state index in [9.17, 15) is 9.59 Å². The maximum atomic E-state index is 12.8. The summed E-state index contributed by atoms with van der Waals surface area (Å²) in [5.41, 5.74) is 2.34. The van der Waals surface area contributed by atoms with Gasteiger partial charge in [0.1, 0.15) is 5.69 Å². The van der Waals surface area contributed by atoms with E-state index in [1.54, 1.807) is 18.2 Å². The second-order valence-corrected chi connectivity index (χ2v) is 8.21. The van der Waals surface area contributed by atoms with Crippen LogP contribution in [0.3, 0.4) is 0 Å². The quantitative estimate of drug-likeness (QED) is 0.503. The van der Waals surface area contributed by atoms with Gasteiger partial charge in [0.15, 0.2) is 0 Å². The van der Waals surface area contributed by atoms with E-state index in [2.05, 4.69) is 10.1 Å². The molecule has 0 bridgehead atoms. The molecule has 8 heteroatoms. The fourth-order valence-corrected chi connectivity index (χ4v) is 3.90. The predicted octanol–water partition coefficient (Wildman–Crippen LogP) is 2.37. The lowest BCUT2D eigenvalue weighted by atomic mass is 10.1. The summed E-state index contributed by atoms with van der Waals surface area (Å²) >= 11 is 7.05. The summed E-state index contributed by atoms with van der Waals surface area (Å²) in [4.78, 5) is 31.5. The molecule has 2 heterocycles. The van der Waals surface area contributed by atoms with Gasteiger partial charge in [0, 0.05) is 31.2 Å². The Bertz CT molecular complexity index is 1340. The Morgan fingerprint density at radius 1 is 1.07 bits per heavy atom. The van der Waals surface area contributed by atoms with Gasteiger partial charge in [-0.2, -0.15) is 14.6 Å². The third kappa shape index (κ3) is 4.06. The van der Waals surface area contributed by atoms with E-state index in [-0.39, 0.29) is 22.6 Å². The van der Waals surface area contributed by atoms with Crippen LogP contribution in [0.2, 0.25) is 5.02 Å². The summed E-state index contributed by atoms with van der Waals surface area (Å²) in [5, 5.41) is 4.89. The van der Waals surface area contributed by atoms with E-state index < -0.39 is 5.56 Å². The van der Waals surface area contributed by atoms with Crippen LogP contribution in [0.15, 0.2) is 58.1 Å². The van der Waals surface area contributed by atoms with Gasteiger partial charge in [0.2, 0.25) is 4.96 Å². The lowest BCUT2D eigenvalue weighted by Gasteiger charge is -2.11.